The zero-order chi connectivity index (χ0) is 62.6. The van der Waals surface area contributed by atoms with Crippen molar-refractivity contribution in [1.29, 1.82) is 0 Å². The van der Waals surface area contributed by atoms with E-state index in [2.05, 4.69) is 239 Å². The molecule has 6 aromatic carbocycles. The molecule has 454 valence electrons. The summed E-state index contributed by atoms with van der Waals surface area (Å²) in [6.45, 7) is 55.0. The molecule has 0 spiro atoms. The number of hydrogen-bond acceptors (Lipinski definition) is 8. The van der Waals surface area contributed by atoms with E-state index in [1.165, 1.54) is 21.2 Å². The Bertz CT molecular complexity index is 2940. The second-order valence-electron chi connectivity index (χ2n) is 31.4. The van der Waals surface area contributed by atoms with Gasteiger partial charge in [-0.25, -0.2) is 0 Å². The van der Waals surface area contributed by atoms with Crippen LogP contribution in [0.3, 0.4) is 0 Å². The summed E-state index contributed by atoms with van der Waals surface area (Å²) < 4.78 is 52.4. The molecule has 0 amide bonds. The molecule has 84 heavy (non-hydrogen) atoms. The molecule has 0 aliphatic carbocycles. The first kappa shape index (κ1) is 64.6. The van der Waals surface area contributed by atoms with E-state index < -0.39 is 15.8 Å². The molecule has 10 heteroatoms. The average Bonchev–Trinajstić information content (AvgIpc) is 1.11. The van der Waals surface area contributed by atoms with Gasteiger partial charge in [-0.05, 0) is 164 Å². The standard InChI is InChI=1S/C74H100O8P2/c1-67(2,3)51-31-45(32-52(63(51)75-25)68(4,5)6)83(46-33-53(69(7,8)9)64(76-26)54(34-46)70(10,11)12)43-29-49(61-59(39-43)79-41-81-61)50-30-44(40-60-62(50)82-42-80-60)84(47-35-55(71(13,14)15)65(77-27)56(36-47)72(16,17)18)48-37-57(73(19,20)21)66(78-28)58(38-48)74(22,23)24/h29-40H,41-42H2,1-28H3. The summed E-state index contributed by atoms with van der Waals surface area (Å²) in [6, 6.07) is 28.6. The zero-order valence-corrected chi connectivity index (χ0v) is 58.3. The Labute approximate surface area is 508 Å². The first-order chi connectivity index (χ1) is 38.5. The maximum absolute atomic E-state index is 6.67. The highest BCUT2D eigenvalue weighted by atomic mass is 31.1. The van der Waals surface area contributed by atoms with Crippen LogP contribution < -0.4 is 69.7 Å². The van der Waals surface area contributed by atoms with Crippen LogP contribution in [0.4, 0.5) is 0 Å². The quantitative estimate of drug-likeness (QED) is 0.119. The summed E-state index contributed by atoms with van der Waals surface area (Å²) in [7, 11) is 4.55. The van der Waals surface area contributed by atoms with E-state index in [4.69, 9.17) is 37.9 Å². The number of ether oxygens (including phenoxy) is 8. The smallest absolute Gasteiger partial charge is 0.231 e. The Kier molecular flexibility index (Phi) is 17.2. The van der Waals surface area contributed by atoms with Crippen LogP contribution in [-0.4, -0.2) is 42.0 Å². The van der Waals surface area contributed by atoms with Crippen LogP contribution in [0, 0.1) is 0 Å². The second-order valence-corrected chi connectivity index (χ2v) is 35.9. The Morgan fingerprint density at radius 3 is 0.607 bits per heavy atom. The van der Waals surface area contributed by atoms with Gasteiger partial charge in [-0.1, -0.05) is 166 Å². The highest BCUT2D eigenvalue weighted by Crippen LogP contribution is 2.54. The lowest BCUT2D eigenvalue weighted by atomic mass is 9.79. The van der Waals surface area contributed by atoms with Gasteiger partial charge >= 0.3 is 0 Å². The molecule has 8 nitrogen and oxygen atoms in total. The van der Waals surface area contributed by atoms with Gasteiger partial charge in [0.25, 0.3) is 0 Å². The SMILES string of the molecule is COc1c(C(C)(C)C)cc(P(c2cc3c(c(-c4cc(P(c5cc(C(C)(C)C)c(OC)c(C(C)(C)C)c5)c5cc(C(C)(C)C)c(OC)c(C(C)(C)C)c5)cc5c4OCO5)c2)OCO3)c2cc(C(C)(C)C)c(OC)c(C(C)(C)C)c2)cc1C(C)(C)C. The van der Waals surface area contributed by atoms with Crippen molar-refractivity contribution in [3.63, 3.8) is 0 Å². The fraction of sp³-hybridized carbons (Fsp3) is 0.514. The molecule has 0 saturated heterocycles. The second kappa shape index (κ2) is 22.4. The number of rotatable bonds is 11. The summed E-state index contributed by atoms with van der Waals surface area (Å²) in [6.07, 6.45) is 0. The van der Waals surface area contributed by atoms with E-state index in [-0.39, 0.29) is 56.9 Å². The van der Waals surface area contributed by atoms with Crippen molar-refractivity contribution in [1.82, 2.24) is 0 Å². The van der Waals surface area contributed by atoms with Crippen molar-refractivity contribution in [2.24, 2.45) is 0 Å². The minimum absolute atomic E-state index is 0.0828. The summed E-state index contributed by atoms with van der Waals surface area (Å²) >= 11 is 0. The average molecular weight is 1180 g/mol. The van der Waals surface area contributed by atoms with Crippen molar-refractivity contribution in [3.8, 4) is 57.1 Å². The molecule has 2 aliphatic rings. The molecule has 0 aromatic heterocycles. The first-order valence-corrected chi connectivity index (χ1v) is 32.6. The highest BCUT2D eigenvalue weighted by Gasteiger charge is 2.39. The lowest BCUT2D eigenvalue weighted by molar-refractivity contribution is 0.173. The third kappa shape index (κ3) is 12.6. The monoisotopic (exact) mass is 1180 g/mol. The molecule has 0 unspecified atom stereocenters. The molecule has 0 radical (unpaired) electrons. The van der Waals surface area contributed by atoms with Gasteiger partial charge < -0.3 is 37.9 Å². The van der Waals surface area contributed by atoms with Crippen molar-refractivity contribution in [2.45, 2.75) is 209 Å². The van der Waals surface area contributed by atoms with Crippen LogP contribution in [0.25, 0.3) is 11.1 Å². The molecule has 8 rings (SSSR count). The van der Waals surface area contributed by atoms with Crippen molar-refractivity contribution >= 4 is 47.7 Å². The molecule has 0 N–H and O–H groups in total. The van der Waals surface area contributed by atoms with Gasteiger partial charge in [0.05, 0.1) is 28.4 Å². The largest absolute Gasteiger partial charge is 0.496 e. The first-order valence-electron chi connectivity index (χ1n) is 29.9. The number of methoxy groups -OCH3 is 4. The van der Waals surface area contributed by atoms with Crippen molar-refractivity contribution in [3.05, 3.63) is 117 Å². The van der Waals surface area contributed by atoms with Gasteiger partial charge in [0.1, 0.15) is 23.0 Å². The van der Waals surface area contributed by atoms with E-state index in [0.29, 0.717) is 23.0 Å². The number of benzene rings is 6. The molecule has 2 heterocycles. The van der Waals surface area contributed by atoms with Crippen LogP contribution in [-0.2, 0) is 43.3 Å². The molecule has 0 atom stereocenters. The minimum atomic E-state index is -1.35. The molecule has 0 saturated carbocycles. The fourth-order valence-corrected chi connectivity index (χ4v) is 16.7. The number of hydrogen-bond donors (Lipinski definition) is 0. The Balaban J connectivity index is 1.55. The molecule has 2 aliphatic heterocycles. The van der Waals surface area contributed by atoms with E-state index in [1.807, 2.05) is 28.4 Å². The Hall–Kier alpha value is -5.42. The molecular formula is C74H100O8P2. The van der Waals surface area contributed by atoms with Crippen LogP contribution >= 0.6 is 15.8 Å². The van der Waals surface area contributed by atoms with Gasteiger partial charge in [-0.2, -0.15) is 0 Å². The van der Waals surface area contributed by atoms with Gasteiger partial charge in [-0.3, -0.25) is 0 Å². The summed E-state index contributed by atoms with van der Waals surface area (Å²) in [5.41, 5.74) is 9.09. The lowest BCUT2D eigenvalue weighted by Gasteiger charge is -2.34. The van der Waals surface area contributed by atoms with Crippen LogP contribution in [0.2, 0.25) is 0 Å². The predicted octanol–water partition coefficient (Wildman–Crippen LogP) is 16.7. The summed E-state index contributed by atoms with van der Waals surface area (Å²) in [5.74, 6) is 6.48. The van der Waals surface area contributed by atoms with E-state index in [1.54, 1.807) is 0 Å². The normalized spacial score (nSPS) is 14.2. The lowest BCUT2D eigenvalue weighted by Crippen LogP contribution is -2.29. The topological polar surface area (TPSA) is 73.8 Å². The number of fused-ring (bicyclic) bond motifs is 2. The Morgan fingerprint density at radius 1 is 0.262 bits per heavy atom. The van der Waals surface area contributed by atoms with Crippen LogP contribution in [0.5, 0.6) is 46.0 Å². The third-order valence-corrected chi connectivity index (χ3v) is 21.0. The van der Waals surface area contributed by atoms with Crippen molar-refractivity contribution in [2.75, 3.05) is 42.0 Å². The highest BCUT2D eigenvalue weighted by molar-refractivity contribution is 7.80. The summed E-state index contributed by atoms with van der Waals surface area (Å²) in [4.78, 5) is 0. The van der Waals surface area contributed by atoms with Gasteiger partial charge in [0.15, 0.2) is 23.0 Å². The maximum Gasteiger partial charge on any atom is 0.231 e. The predicted molar refractivity (Wildman–Crippen MR) is 357 cm³/mol. The minimum Gasteiger partial charge on any atom is -0.496 e. The molecule has 0 bridgehead atoms. The zero-order valence-electron chi connectivity index (χ0n) is 56.5. The van der Waals surface area contributed by atoms with Crippen molar-refractivity contribution < 1.29 is 37.9 Å². The molecule has 6 aromatic rings. The van der Waals surface area contributed by atoms with Gasteiger partial charge in [0.2, 0.25) is 13.6 Å². The summed E-state index contributed by atoms with van der Waals surface area (Å²) in [5, 5.41) is 7.07. The molecular weight excluding hydrogens is 1080 g/mol. The van der Waals surface area contributed by atoms with Crippen LogP contribution in [0.15, 0.2) is 72.8 Å². The van der Waals surface area contributed by atoms with E-state index in [9.17, 15) is 0 Å². The van der Waals surface area contributed by atoms with E-state index in [0.717, 1.165) is 89.2 Å². The fourth-order valence-electron chi connectivity index (χ4n) is 11.9. The Morgan fingerprint density at radius 2 is 0.440 bits per heavy atom. The van der Waals surface area contributed by atoms with Gasteiger partial charge in [0, 0.05) is 55.6 Å². The van der Waals surface area contributed by atoms with E-state index >= 15 is 0 Å². The third-order valence-electron chi connectivity index (χ3n) is 16.3. The van der Waals surface area contributed by atoms with Gasteiger partial charge in [-0.15, -0.1) is 0 Å². The maximum atomic E-state index is 6.67. The molecule has 0 fully saturated rings. The van der Waals surface area contributed by atoms with Crippen LogP contribution in [0.1, 0.15) is 211 Å².